The maximum Gasteiger partial charge on any atom is 0.175 e. The smallest absolute Gasteiger partial charge is 0.175 e. The number of hydrogen-bond acceptors (Lipinski definition) is 4. The highest BCUT2D eigenvalue weighted by atomic mass is 79.9. The van der Waals surface area contributed by atoms with Crippen LogP contribution in [0.5, 0.6) is 11.5 Å². The second-order valence-corrected chi connectivity index (χ2v) is 6.90. The predicted octanol–water partition coefficient (Wildman–Crippen LogP) is 5.79. The zero-order chi connectivity index (χ0) is 19.1. The van der Waals surface area contributed by atoms with Gasteiger partial charge in [-0.2, -0.15) is 5.10 Å². The van der Waals surface area contributed by atoms with Crippen LogP contribution < -0.4 is 14.9 Å². The highest BCUT2D eigenvalue weighted by molar-refractivity contribution is 9.10. The molecule has 138 valence electrons. The molecule has 3 rings (SSSR count). The van der Waals surface area contributed by atoms with E-state index in [0.29, 0.717) is 18.1 Å². The third-order valence-corrected chi connectivity index (χ3v) is 4.53. The molecule has 1 N–H and O–H groups in total. The van der Waals surface area contributed by atoms with Gasteiger partial charge in [-0.1, -0.05) is 48.0 Å². The fraction of sp³-hybridized carbons (Fsp3) is 0.136. The van der Waals surface area contributed by atoms with Gasteiger partial charge in [0, 0.05) is 0 Å². The van der Waals surface area contributed by atoms with E-state index in [1.165, 1.54) is 5.56 Å². The molecule has 0 aliphatic heterocycles. The summed E-state index contributed by atoms with van der Waals surface area (Å²) in [4.78, 5) is 0. The Balaban J connectivity index is 1.71. The summed E-state index contributed by atoms with van der Waals surface area (Å²) in [7, 11) is 1.63. The Morgan fingerprint density at radius 3 is 2.48 bits per heavy atom. The van der Waals surface area contributed by atoms with Crippen molar-refractivity contribution in [2.24, 2.45) is 5.10 Å². The molecule has 0 atom stereocenters. The van der Waals surface area contributed by atoms with Gasteiger partial charge in [0.15, 0.2) is 11.5 Å². The van der Waals surface area contributed by atoms with E-state index in [9.17, 15) is 0 Å². The molecule has 0 bridgehead atoms. The third kappa shape index (κ3) is 5.34. The van der Waals surface area contributed by atoms with Crippen LogP contribution in [0.25, 0.3) is 0 Å². The van der Waals surface area contributed by atoms with Gasteiger partial charge in [0.1, 0.15) is 6.61 Å². The first kappa shape index (κ1) is 19.0. The van der Waals surface area contributed by atoms with Crippen molar-refractivity contribution < 1.29 is 9.47 Å². The average molecular weight is 425 g/mol. The molecule has 3 aromatic carbocycles. The lowest BCUT2D eigenvalue weighted by Crippen LogP contribution is -2.00. The number of ether oxygens (including phenoxy) is 2. The van der Waals surface area contributed by atoms with Gasteiger partial charge in [-0.25, -0.2) is 0 Å². The van der Waals surface area contributed by atoms with E-state index >= 15 is 0 Å². The molecular weight excluding hydrogens is 404 g/mol. The zero-order valence-electron chi connectivity index (χ0n) is 15.3. The quantitative estimate of drug-likeness (QED) is 0.385. The molecule has 0 radical (unpaired) electrons. The molecule has 0 aliphatic carbocycles. The summed E-state index contributed by atoms with van der Waals surface area (Å²) in [6.07, 6.45) is 1.74. The fourth-order valence-corrected chi connectivity index (χ4v) is 3.07. The number of methoxy groups -OCH3 is 1. The average Bonchev–Trinajstić information content (AvgIpc) is 2.69. The molecular formula is C22H21BrN2O2. The number of hydrazone groups is 1. The summed E-state index contributed by atoms with van der Waals surface area (Å²) >= 11 is 3.57. The zero-order valence-corrected chi connectivity index (χ0v) is 16.9. The van der Waals surface area contributed by atoms with Gasteiger partial charge in [-0.15, -0.1) is 0 Å². The Morgan fingerprint density at radius 1 is 1.04 bits per heavy atom. The Hall–Kier alpha value is -2.79. The normalized spacial score (nSPS) is 10.8. The number of benzene rings is 3. The first-order valence-electron chi connectivity index (χ1n) is 8.55. The molecule has 0 amide bonds. The van der Waals surface area contributed by atoms with E-state index in [2.05, 4.69) is 33.4 Å². The van der Waals surface area contributed by atoms with Gasteiger partial charge < -0.3 is 9.47 Å². The number of nitrogens with zero attached hydrogens (tertiary/aromatic N) is 1. The van der Waals surface area contributed by atoms with Crippen LogP contribution in [-0.4, -0.2) is 13.3 Å². The molecule has 0 saturated heterocycles. The number of aryl methyl sites for hydroxylation is 1. The van der Waals surface area contributed by atoms with E-state index in [0.717, 1.165) is 21.3 Å². The monoisotopic (exact) mass is 424 g/mol. The van der Waals surface area contributed by atoms with Crippen molar-refractivity contribution in [1.82, 2.24) is 0 Å². The van der Waals surface area contributed by atoms with Crippen molar-refractivity contribution in [3.63, 3.8) is 0 Å². The highest BCUT2D eigenvalue weighted by Crippen LogP contribution is 2.36. The molecule has 0 unspecified atom stereocenters. The van der Waals surface area contributed by atoms with Gasteiger partial charge in [0.25, 0.3) is 0 Å². The Morgan fingerprint density at radius 2 is 1.78 bits per heavy atom. The van der Waals surface area contributed by atoms with Gasteiger partial charge in [-0.05, 0) is 58.2 Å². The molecule has 5 heteroatoms. The predicted molar refractivity (Wildman–Crippen MR) is 114 cm³/mol. The Bertz CT molecular complexity index is 910. The molecule has 0 aromatic heterocycles. The van der Waals surface area contributed by atoms with Crippen molar-refractivity contribution in [2.75, 3.05) is 12.5 Å². The van der Waals surface area contributed by atoms with Crippen molar-refractivity contribution in [3.05, 3.63) is 87.9 Å². The van der Waals surface area contributed by atoms with Gasteiger partial charge in [0.2, 0.25) is 0 Å². The Labute approximate surface area is 168 Å². The van der Waals surface area contributed by atoms with Crippen LogP contribution in [0.4, 0.5) is 5.69 Å². The lowest BCUT2D eigenvalue weighted by molar-refractivity contribution is 0.282. The number of nitrogens with one attached hydrogen (secondary N) is 1. The summed E-state index contributed by atoms with van der Waals surface area (Å²) in [6.45, 7) is 2.52. The molecule has 0 aliphatic rings. The fourth-order valence-electron chi connectivity index (χ4n) is 2.49. The first-order valence-corrected chi connectivity index (χ1v) is 9.35. The second kappa shape index (κ2) is 9.24. The molecule has 4 nitrogen and oxygen atoms in total. The van der Waals surface area contributed by atoms with E-state index in [1.54, 1.807) is 13.3 Å². The summed E-state index contributed by atoms with van der Waals surface area (Å²) in [5.74, 6) is 1.32. The maximum absolute atomic E-state index is 5.95. The van der Waals surface area contributed by atoms with E-state index in [4.69, 9.17) is 9.47 Å². The number of halogens is 1. The van der Waals surface area contributed by atoms with Crippen LogP contribution >= 0.6 is 15.9 Å². The third-order valence-electron chi connectivity index (χ3n) is 3.94. The summed E-state index contributed by atoms with van der Waals surface area (Å²) in [5, 5.41) is 4.29. The van der Waals surface area contributed by atoms with E-state index < -0.39 is 0 Å². The number of hydrogen-bond donors (Lipinski definition) is 1. The molecule has 0 saturated carbocycles. The minimum Gasteiger partial charge on any atom is -0.493 e. The number of anilines is 1. The molecule has 27 heavy (non-hydrogen) atoms. The highest BCUT2D eigenvalue weighted by Gasteiger charge is 2.11. The van der Waals surface area contributed by atoms with E-state index in [-0.39, 0.29) is 0 Å². The summed E-state index contributed by atoms with van der Waals surface area (Å²) < 4.78 is 12.3. The lowest BCUT2D eigenvalue weighted by atomic mass is 10.2. The van der Waals surface area contributed by atoms with Crippen LogP contribution in [0.1, 0.15) is 16.7 Å². The molecule has 0 spiro atoms. The minimum atomic E-state index is 0.470. The van der Waals surface area contributed by atoms with Crippen molar-refractivity contribution in [3.8, 4) is 11.5 Å². The van der Waals surface area contributed by atoms with Crippen molar-refractivity contribution in [1.29, 1.82) is 0 Å². The molecule has 3 aromatic rings. The topological polar surface area (TPSA) is 42.8 Å². The number of rotatable bonds is 7. The van der Waals surface area contributed by atoms with E-state index in [1.807, 2.05) is 66.7 Å². The van der Waals surface area contributed by atoms with Crippen molar-refractivity contribution in [2.45, 2.75) is 13.5 Å². The van der Waals surface area contributed by atoms with Crippen LogP contribution in [0.3, 0.4) is 0 Å². The van der Waals surface area contributed by atoms with Crippen LogP contribution in [0.2, 0.25) is 0 Å². The lowest BCUT2D eigenvalue weighted by Gasteiger charge is -2.13. The Kier molecular flexibility index (Phi) is 6.49. The summed E-state index contributed by atoms with van der Waals surface area (Å²) in [5.41, 5.74) is 7.16. The maximum atomic E-state index is 5.95. The van der Waals surface area contributed by atoms with Crippen LogP contribution in [0.15, 0.2) is 76.3 Å². The largest absolute Gasteiger partial charge is 0.493 e. The molecule has 0 heterocycles. The van der Waals surface area contributed by atoms with Crippen LogP contribution in [-0.2, 0) is 6.61 Å². The SMILES string of the molecule is COc1cc(/C=N/Nc2ccc(C)cc2)cc(Br)c1OCc1ccccc1. The first-order chi connectivity index (χ1) is 13.2. The van der Waals surface area contributed by atoms with Gasteiger partial charge in [0.05, 0.1) is 23.5 Å². The summed E-state index contributed by atoms with van der Waals surface area (Å²) in [6, 6.07) is 21.9. The minimum absolute atomic E-state index is 0.470. The van der Waals surface area contributed by atoms with Crippen molar-refractivity contribution >= 4 is 27.8 Å². The van der Waals surface area contributed by atoms with Gasteiger partial charge in [-0.3, -0.25) is 5.43 Å². The van der Waals surface area contributed by atoms with Crippen LogP contribution in [0, 0.1) is 6.92 Å². The second-order valence-electron chi connectivity index (χ2n) is 6.04. The van der Waals surface area contributed by atoms with Gasteiger partial charge >= 0.3 is 0 Å². The molecule has 0 fully saturated rings. The standard InChI is InChI=1S/C22H21BrN2O2/c1-16-8-10-19(11-9-16)25-24-14-18-12-20(23)22(21(13-18)26-2)27-15-17-6-4-3-5-7-17/h3-14,25H,15H2,1-2H3/b24-14+.